The van der Waals surface area contributed by atoms with E-state index in [9.17, 15) is 21.6 Å². The minimum absolute atomic E-state index is 0.0530. The molecule has 0 aliphatic carbocycles. The van der Waals surface area contributed by atoms with Crippen molar-refractivity contribution in [2.75, 3.05) is 23.1 Å². The SMILES string of the molecule is Cc1ccc(NS(=O)(=O)c2ccc(NC(=O)c3cc(S(=O)(=O)N4CCCCCC4)ccc3C)cc2)c(C)c1. The molecule has 1 aliphatic heterocycles. The van der Waals surface area contributed by atoms with Crippen LogP contribution < -0.4 is 10.0 Å². The molecule has 1 amide bonds. The van der Waals surface area contributed by atoms with Gasteiger partial charge in [-0.3, -0.25) is 9.52 Å². The van der Waals surface area contributed by atoms with Gasteiger partial charge in [-0.25, -0.2) is 16.8 Å². The van der Waals surface area contributed by atoms with E-state index in [0.29, 0.717) is 30.0 Å². The fraction of sp³-hybridized carbons (Fsp3) is 0.321. The summed E-state index contributed by atoms with van der Waals surface area (Å²) in [4.78, 5) is 13.2. The number of anilines is 2. The van der Waals surface area contributed by atoms with Gasteiger partial charge in [-0.05, 0) is 87.2 Å². The van der Waals surface area contributed by atoms with Crippen molar-refractivity contribution in [3.63, 3.8) is 0 Å². The van der Waals surface area contributed by atoms with E-state index in [1.54, 1.807) is 19.1 Å². The van der Waals surface area contributed by atoms with Crippen molar-refractivity contribution in [1.29, 1.82) is 0 Å². The first-order valence-electron chi connectivity index (χ1n) is 12.6. The maximum absolute atomic E-state index is 13.2. The van der Waals surface area contributed by atoms with Crippen LogP contribution in [0.25, 0.3) is 0 Å². The van der Waals surface area contributed by atoms with Crippen LogP contribution in [0, 0.1) is 20.8 Å². The zero-order valence-electron chi connectivity index (χ0n) is 21.8. The van der Waals surface area contributed by atoms with Crippen LogP contribution in [-0.4, -0.2) is 40.1 Å². The Hall–Kier alpha value is -3.21. The third-order valence-corrected chi connectivity index (χ3v) is 9.98. The van der Waals surface area contributed by atoms with Crippen LogP contribution in [-0.2, 0) is 20.0 Å². The monoisotopic (exact) mass is 555 g/mol. The van der Waals surface area contributed by atoms with Crippen molar-refractivity contribution >= 4 is 37.3 Å². The summed E-state index contributed by atoms with van der Waals surface area (Å²) >= 11 is 0. The third-order valence-electron chi connectivity index (χ3n) is 6.71. The molecule has 202 valence electrons. The molecule has 1 fully saturated rings. The van der Waals surface area contributed by atoms with Crippen molar-refractivity contribution in [2.24, 2.45) is 0 Å². The van der Waals surface area contributed by atoms with Crippen LogP contribution >= 0.6 is 0 Å². The van der Waals surface area contributed by atoms with E-state index < -0.39 is 26.0 Å². The van der Waals surface area contributed by atoms with Gasteiger partial charge in [0.2, 0.25) is 10.0 Å². The summed E-state index contributed by atoms with van der Waals surface area (Å²) in [7, 11) is -7.53. The molecule has 0 radical (unpaired) electrons. The van der Waals surface area contributed by atoms with Crippen LogP contribution in [0.3, 0.4) is 0 Å². The number of nitrogens with zero attached hydrogens (tertiary/aromatic N) is 1. The smallest absolute Gasteiger partial charge is 0.261 e. The summed E-state index contributed by atoms with van der Waals surface area (Å²) in [6, 6.07) is 15.9. The molecular formula is C28H33N3O5S2. The molecule has 0 saturated carbocycles. The maximum Gasteiger partial charge on any atom is 0.261 e. The van der Waals surface area contributed by atoms with Gasteiger partial charge in [0.25, 0.3) is 15.9 Å². The molecule has 1 heterocycles. The number of hydrogen-bond donors (Lipinski definition) is 2. The van der Waals surface area contributed by atoms with E-state index in [2.05, 4.69) is 10.0 Å². The molecule has 10 heteroatoms. The lowest BCUT2D eigenvalue weighted by Crippen LogP contribution is -2.32. The van der Waals surface area contributed by atoms with Crippen LogP contribution in [0.4, 0.5) is 11.4 Å². The highest BCUT2D eigenvalue weighted by Crippen LogP contribution is 2.25. The van der Waals surface area contributed by atoms with Crippen molar-refractivity contribution in [3.05, 3.63) is 82.9 Å². The first-order valence-corrected chi connectivity index (χ1v) is 15.5. The number of hydrogen-bond acceptors (Lipinski definition) is 5. The molecule has 8 nitrogen and oxygen atoms in total. The van der Waals surface area contributed by atoms with Gasteiger partial charge in [-0.1, -0.05) is 36.6 Å². The van der Waals surface area contributed by atoms with Gasteiger partial charge in [-0.2, -0.15) is 4.31 Å². The van der Waals surface area contributed by atoms with Crippen LogP contribution in [0.5, 0.6) is 0 Å². The molecule has 0 bridgehead atoms. The van der Waals surface area contributed by atoms with E-state index >= 15 is 0 Å². The Morgan fingerprint density at radius 1 is 0.737 bits per heavy atom. The Bertz CT molecular complexity index is 1540. The predicted octanol–water partition coefficient (Wildman–Crippen LogP) is 5.23. The average Bonchev–Trinajstić information content (AvgIpc) is 3.16. The van der Waals surface area contributed by atoms with Crippen molar-refractivity contribution in [1.82, 2.24) is 4.31 Å². The summed E-state index contributed by atoms with van der Waals surface area (Å²) in [5.41, 5.74) is 3.61. The van der Waals surface area contributed by atoms with Gasteiger partial charge in [0.05, 0.1) is 15.5 Å². The summed E-state index contributed by atoms with van der Waals surface area (Å²) in [6.45, 7) is 6.47. The second-order valence-electron chi connectivity index (χ2n) is 9.70. The number of carbonyl (C=O) groups is 1. The Balaban J connectivity index is 1.50. The van der Waals surface area contributed by atoms with E-state index in [4.69, 9.17) is 0 Å². The van der Waals surface area contributed by atoms with Gasteiger partial charge in [0.1, 0.15) is 0 Å². The standard InChI is InChI=1S/C28H33N3O5S2/c1-20-8-15-27(22(3)18-20)30-37(33,34)24-13-10-23(11-14-24)29-28(32)26-19-25(12-9-21(26)2)38(35,36)31-16-6-4-5-7-17-31/h8-15,18-19,30H,4-7,16-17H2,1-3H3,(H,29,32). The minimum atomic E-state index is -3.82. The van der Waals surface area contributed by atoms with Crippen molar-refractivity contribution < 1.29 is 21.6 Å². The molecule has 0 atom stereocenters. The van der Waals surface area contributed by atoms with Gasteiger partial charge >= 0.3 is 0 Å². The summed E-state index contributed by atoms with van der Waals surface area (Å²) in [5.74, 6) is -0.473. The second-order valence-corrected chi connectivity index (χ2v) is 13.3. The number of nitrogens with one attached hydrogen (secondary N) is 2. The zero-order chi connectivity index (χ0) is 27.5. The summed E-state index contributed by atoms with van der Waals surface area (Å²) in [5, 5.41) is 2.75. The van der Waals surface area contributed by atoms with Crippen molar-refractivity contribution in [3.8, 4) is 0 Å². The van der Waals surface area contributed by atoms with Gasteiger partial charge in [0, 0.05) is 24.3 Å². The Morgan fingerprint density at radius 3 is 2.00 bits per heavy atom. The number of sulfonamides is 2. The lowest BCUT2D eigenvalue weighted by Gasteiger charge is -2.20. The third kappa shape index (κ3) is 6.25. The molecule has 3 aromatic rings. The molecule has 0 aromatic heterocycles. The molecular weight excluding hydrogens is 522 g/mol. The summed E-state index contributed by atoms with van der Waals surface area (Å²) in [6.07, 6.45) is 3.67. The van der Waals surface area contributed by atoms with E-state index in [1.807, 2.05) is 26.0 Å². The molecule has 38 heavy (non-hydrogen) atoms. The highest BCUT2D eigenvalue weighted by Gasteiger charge is 2.26. The summed E-state index contributed by atoms with van der Waals surface area (Å²) < 4.78 is 56.3. The lowest BCUT2D eigenvalue weighted by atomic mass is 10.1. The maximum atomic E-state index is 13.2. The predicted molar refractivity (Wildman–Crippen MR) is 150 cm³/mol. The number of benzene rings is 3. The van der Waals surface area contributed by atoms with Crippen LogP contribution in [0.1, 0.15) is 52.7 Å². The van der Waals surface area contributed by atoms with Crippen LogP contribution in [0.2, 0.25) is 0 Å². The molecule has 3 aromatic carbocycles. The number of carbonyl (C=O) groups excluding carboxylic acids is 1. The number of aryl methyl sites for hydroxylation is 3. The normalized spacial score (nSPS) is 15.0. The van der Waals surface area contributed by atoms with Gasteiger partial charge < -0.3 is 5.32 Å². The Labute approximate surface area is 225 Å². The average molecular weight is 556 g/mol. The molecule has 0 spiro atoms. The van der Waals surface area contributed by atoms with Gasteiger partial charge in [-0.15, -0.1) is 0 Å². The lowest BCUT2D eigenvalue weighted by molar-refractivity contribution is 0.102. The van der Waals surface area contributed by atoms with E-state index in [-0.39, 0.29) is 15.4 Å². The molecule has 1 saturated heterocycles. The molecule has 0 unspecified atom stereocenters. The Morgan fingerprint density at radius 2 is 1.37 bits per heavy atom. The fourth-order valence-electron chi connectivity index (χ4n) is 4.48. The largest absolute Gasteiger partial charge is 0.322 e. The van der Waals surface area contributed by atoms with E-state index in [1.165, 1.54) is 40.7 Å². The zero-order valence-corrected chi connectivity index (χ0v) is 23.5. The highest BCUT2D eigenvalue weighted by atomic mass is 32.2. The molecule has 4 rings (SSSR count). The topological polar surface area (TPSA) is 113 Å². The van der Waals surface area contributed by atoms with Crippen LogP contribution in [0.15, 0.2) is 70.5 Å². The minimum Gasteiger partial charge on any atom is -0.322 e. The first-order chi connectivity index (χ1) is 18.0. The number of amides is 1. The Kier molecular flexibility index (Phi) is 8.25. The fourth-order valence-corrected chi connectivity index (χ4v) is 7.16. The second kappa shape index (κ2) is 11.3. The first kappa shape index (κ1) is 27.8. The highest BCUT2D eigenvalue weighted by molar-refractivity contribution is 7.92. The van der Waals surface area contributed by atoms with Crippen molar-refractivity contribution in [2.45, 2.75) is 56.2 Å². The molecule has 2 N–H and O–H groups in total. The van der Waals surface area contributed by atoms with Gasteiger partial charge in [0.15, 0.2) is 0 Å². The number of rotatable bonds is 7. The molecule has 1 aliphatic rings. The quantitative estimate of drug-likeness (QED) is 0.415. The van der Waals surface area contributed by atoms with E-state index in [0.717, 1.165) is 36.8 Å².